The Balaban J connectivity index is 1.43. The van der Waals surface area contributed by atoms with Gasteiger partial charge in [0, 0.05) is 32.2 Å². The zero-order valence-corrected chi connectivity index (χ0v) is 13.7. The highest BCUT2D eigenvalue weighted by molar-refractivity contribution is 5.76. The largest absolute Gasteiger partial charge is 0.336 e. The molecular formula is C17H22N6O. The van der Waals surface area contributed by atoms with Crippen molar-refractivity contribution in [2.24, 2.45) is 5.92 Å². The van der Waals surface area contributed by atoms with Crippen LogP contribution < -0.4 is 0 Å². The number of carbonyl (C=O) groups is 1. The van der Waals surface area contributed by atoms with E-state index >= 15 is 0 Å². The minimum absolute atomic E-state index is 0.124. The number of nitrogens with zero attached hydrogens (tertiary/aromatic N) is 6. The molecule has 0 unspecified atom stereocenters. The molecule has 5 rings (SSSR count). The lowest BCUT2D eigenvalue weighted by atomic mass is 9.95. The van der Waals surface area contributed by atoms with Crippen molar-refractivity contribution in [3.63, 3.8) is 0 Å². The Hall–Kier alpha value is -2.28. The van der Waals surface area contributed by atoms with Crippen LogP contribution in [0, 0.1) is 5.92 Å². The lowest BCUT2D eigenvalue weighted by molar-refractivity contribution is -0.136. The summed E-state index contributed by atoms with van der Waals surface area (Å²) in [6.45, 7) is 4.07. The van der Waals surface area contributed by atoms with Gasteiger partial charge in [0.2, 0.25) is 5.91 Å². The van der Waals surface area contributed by atoms with Crippen molar-refractivity contribution in [3.8, 4) is 0 Å². The van der Waals surface area contributed by atoms with Crippen LogP contribution >= 0.6 is 0 Å². The van der Waals surface area contributed by atoms with E-state index < -0.39 is 0 Å². The molecule has 2 aromatic rings. The molecule has 0 spiro atoms. The number of rotatable bonds is 4. The van der Waals surface area contributed by atoms with Gasteiger partial charge in [-0.25, -0.2) is 4.68 Å². The first kappa shape index (κ1) is 15.3. The van der Waals surface area contributed by atoms with Crippen molar-refractivity contribution in [1.82, 2.24) is 30.0 Å². The van der Waals surface area contributed by atoms with Crippen LogP contribution in [0.25, 0.3) is 0 Å². The maximum absolute atomic E-state index is 12.7. The van der Waals surface area contributed by atoms with Gasteiger partial charge < -0.3 is 4.90 Å². The third-order valence-corrected chi connectivity index (χ3v) is 5.05. The Morgan fingerprint density at radius 3 is 2.79 bits per heavy atom. The zero-order chi connectivity index (χ0) is 16.4. The second-order valence-corrected chi connectivity index (χ2v) is 6.83. The average Bonchev–Trinajstić information content (AvgIpc) is 2.95. The number of benzene rings is 1. The minimum Gasteiger partial charge on any atom is -0.336 e. The highest BCUT2D eigenvalue weighted by atomic mass is 16.2. The molecule has 2 bridgehead atoms. The number of tetrazole rings is 1. The predicted octanol–water partition coefficient (Wildman–Crippen LogP) is 0.796. The molecule has 7 heteroatoms. The summed E-state index contributed by atoms with van der Waals surface area (Å²) in [5.41, 5.74) is 1.34. The highest BCUT2D eigenvalue weighted by Crippen LogP contribution is 2.29. The zero-order valence-electron chi connectivity index (χ0n) is 13.7. The Bertz CT molecular complexity index is 674. The number of aromatic nitrogens is 4. The normalized spacial score (nSPS) is 24.1. The third kappa shape index (κ3) is 3.31. The number of hydrogen-bond acceptors (Lipinski definition) is 5. The second kappa shape index (κ2) is 6.68. The molecule has 126 valence electrons. The van der Waals surface area contributed by atoms with Gasteiger partial charge in [0.25, 0.3) is 0 Å². The second-order valence-electron chi connectivity index (χ2n) is 6.83. The molecule has 1 amide bonds. The summed E-state index contributed by atoms with van der Waals surface area (Å²) in [7, 11) is 0. The van der Waals surface area contributed by atoms with E-state index in [4.69, 9.17) is 0 Å². The third-order valence-electron chi connectivity index (χ3n) is 5.05. The van der Waals surface area contributed by atoms with E-state index in [2.05, 4.69) is 55.7 Å². The van der Waals surface area contributed by atoms with Gasteiger partial charge in [-0.15, -0.1) is 5.10 Å². The number of hydrogen-bond donors (Lipinski definition) is 0. The molecule has 0 saturated carbocycles. The van der Waals surface area contributed by atoms with Crippen LogP contribution in [0.3, 0.4) is 0 Å². The van der Waals surface area contributed by atoms with Crippen molar-refractivity contribution in [2.75, 3.05) is 19.6 Å². The molecule has 0 N–H and O–H groups in total. The number of piperidine rings is 1. The standard InChI is InChI=1S/C17H22N6O/c24-17(12-22-13-18-19-20-22)23-10-15-6-7-16(23)11-21(9-15)8-14-4-2-1-3-5-14/h1-5,13,15-16H,6-12H2/t15-,16+/m0/s1. The summed E-state index contributed by atoms with van der Waals surface area (Å²) < 4.78 is 1.50. The summed E-state index contributed by atoms with van der Waals surface area (Å²) in [6.07, 6.45) is 3.80. The van der Waals surface area contributed by atoms with Crippen LogP contribution in [0.4, 0.5) is 0 Å². The quantitative estimate of drug-likeness (QED) is 0.831. The van der Waals surface area contributed by atoms with Gasteiger partial charge in [-0.1, -0.05) is 30.3 Å². The Labute approximate surface area is 141 Å². The van der Waals surface area contributed by atoms with Gasteiger partial charge in [-0.2, -0.15) is 0 Å². The number of amides is 1. The summed E-state index contributed by atoms with van der Waals surface area (Å²) in [6, 6.07) is 10.9. The molecule has 3 saturated heterocycles. The van der Waals surface area contributed by atoms with Crippen LogP contribution in [-0.4, -0.2) is 61.6 Å². The van der Waals surface area contributed by atoms with E-state index in [-0.39, 0.29) is 12.5 Å². The summed E-state index contributed by atoms with van der Waals surface area (Å²) >= 11 is 0. The van der Waals surface area contributed by atoms with E-state index in [0.29, 0.717) is 12.0 Å². The molecule has 0 aliphatic carbocycles. The fraction of sp³-hybridized carbons (Fsp3) is 0.529. The maximum Gasteiger partial charge on any atom is 0.244 e. The molecule has 1 aromatic carbocycles. The van der Waals surface area contributed by atoms with E-state index in [9.17, 15) is 4.79 Å². The van der Waals surface area contributed by atoms with Crippen LogP contribution in [0.5, 0.6) is 0 Å². The first-order chi connectivity index (χ1) is 11.8. The SMILES string of the molecule is O=C(Cn1cnnn1)N1C[C@H]2CC[C@@H]1CN(Cc1ccccc1)C2. The number of fused-ring (bicyclic) bond motifs is 4. The molecule has 7 nitrogen and oxygen atoms in total. The predicted molar refractivity (Wildman–Crippen MR) is 87.8 cm³/mol. The Morgan fingerprint density at radius 2 is 2.00 bits per heavy atom. The first-order valence-electron chi connectivity index (χ1n) is 8.54. The summed E-state index contributed by atoms with van der Waals surface area (Å²) in [4.78, 5) is 17.2. The van der Waals surface area contributed by atoms with E-state index in [0.717, 1.165) is 32.6 Å². The van der Waals surface area contributed by atoms with Crippen LogP contribution in [0.1, 0.15) is 18.4 Å². The van der Waals surface area contributed by atoms with Gasteiger partial charge in [-0.3, -0.25) is 9.69 Å². The van der Waals surface area contributed by atoms with Gasteiger partial charge in [0.1, 0.15) is 12.9 Å². The first-order valence-corrected chi connectivity index (χ1v) is 8.54. The molecule has 24 heavy (non-hydrogen) atoms. The van der Waals surface area contributed by atoms with Crippen molar-refractivity contribution in [3.05, 3.63) is 42.2 Å². The molecule has 3 fully saturated rings. The van der Waals surface area contributed by atoms with Gasteiger partial charge in [0.05, 0.1) is 0 Å². The lowest BCUT2D eigenvalue weighted by Crippen LogP contribution is -2.48. The van der Waals surface area contributed by atoms with Crippen molar-refractivity contribution < 1.29 is 4.79 Å². The monoisotopic (exact) mass is 326 g/mol. The summed E-state index contributed by atoms with van der Waals surface area (Å²) in [5.74, 6) is 0.684. The molecule has 3 aliphatic heterocycles. The Morgan fingerprint density at radius 1 is 1.12 bits per heavy atom. The van der Waals surface area contributed by atoms with E-state index in [1.54, 1.807) is 0 Å². The molecule has 0 radical (unpaired) electrons. The average molecular weight is 326 g/mol. The molecular weight excluding hydrogens is 304 g/mol. The molecule has 1 aromatic heterocycles. The molecule has 2 atom stereocenters. The van der Waals surface area contributed by atoms with Crippen molar-refractivity contribution in [1.29, 1.82) is 0 Å². The fourth-order valence-corrected chi connectivity index (χ4v) is 3.94. The van der Waals surface area contributed by atoms with Gasteiger partial charge in [-0.05, 0) is 34.7 Å². The minimum atomic E-state index is 0.124. The maximum atomic E-state index is 12.7. The molecule has 3 aliphatic rings. The highest BCUT2D eigenvalue weighted by Gasteiger charge is 2.37. The van der Waals surface area contributed by atoms with E-state index in [1.165, 1.54) is 23.0 Å². The lowest BCUT2D eigenvalue weighted by Gasteiger charge is -2.36. The van der Waals surface area contributed by atoms with Gasteiger partial charge in [0.15, 0.2) is 0 Å². The van der Waals surface area contributed by atoms with Crippen molar-refractivity contribution >= 4 is 5.91 Å². The topological polar surface area (TPSA) is 67.2 Å². The smallest absolute Gasteiger partial charge is 0.244 e. The molecule has 4 heterocycles. The summed E-state index contributed by atoms with van der Waals surface area (Å²) in [5, 5.41) is 11.0. The van der Waals surface area contributed by atoms with Crippen LogP contribution in [0.15, 0.2) is 36.7 Å². The fourth-order valence-electron chi connectivity index (χ4n) is 3.94. The van der Waals surface area contributed by atoms with E-state index in [1.807, 2.05) is 0 Å². The van der Waals surface area contributed by atoms with Gasteiger partial charge >= 0.3 is 0 Å². The van der Waals surface area contributed by atoms with Crippen LogP contribution in [-0.2, 0) is 17.9 Å². The number of carbonyl (C=O) groups excluding carboxylic acids is 1. The Kier molecular flexibility index (Phi) is 4.25. The van der Waals surface area contributed by atoms with Crippen molar-refractivity contribution in [2.45, 2.75) is 32.0 Å². The van der Waals surface area contributed by atoms with Crippen LogP contribution in [0.2, 0.25) is 0 Å².